The van der Waals surface area contributed by atoms with Gasteiger partial charge in [-0.3, -0.25) is 4.79 Å². The molecule has 0 aliphatic heterocycles. The van der Waals surface area contributed by atoms with Crippen LogP contribution in [0.15, 0.2) is 53.5 Å². The number of rotatable bonds is 9. The summed E-state index contributed by atoms with van der Waals surface area (Å²) < 4.78 is 13.3. The molecule has 0 fully saturated rings. The second-order valence-corrected chi connectivity index (χ2v) is 6.46. The molecule has 0 unspecified atom stereocenters. The largest absolute Gasteiger partial charge is 0.357 e. The molecule has 6 heteroatoms. The summed E-state index contributed by atoms with van der Waals surface area (Å²) in [6, 6.07) is 14.1. The predicted molar refractivity (Wildman–Crippen MR) is 112 cm³/mol. The number of benzene rings is 2. The zero-order chi connectivity index (χ0) is 20.2. The average Bonchev–Trinajstić information content (AvgIpc) is 2.70. The first-order valence-corrected chi connectivity index (χ1v) is 9.76. The summed E-state index contributed by atoms with van der Waals surface area (Å²) in [5.74, 6) is 0.411. The number of nitrogens with zero attached hydrogens (tertiary/aromatic N) is 1. The summed E-state index contributed by atoms with van der Waals surface area (Å²) in [6.45, 7) is 6.54. The van der Waals surface area contributed by atoms with Gasteiger partial charge in [0, 0.05) is 25.2 Å². The van der Waals surface area contributed by atoms with Gasteiger partial charge in [0.05, 0.1) is 6.54 Å². The minimum absolute atomic E-state index is 0.0622. The van der Waals surface area contributed by atoms with E-state index in [0.717, 1.165) is 24.1 Å². The van der Waals surface area contributed by atoms with Gasteiger partial charge < -0.3 is 16.0 Å². The molecule has 2 rings (SSSR count). The maximum atomic E-state index is 13.3. The van der Waals surface area contributed by atoms with Crippen molar-refractivity contribution in [3.05, 3.63) is 71.0 Å². The fraction of sp³-hybridized carbons (Fsp3) is 0.364. The molecule has 0 spiro atoms. The SMILES string of the molecule is CCCNC(=O)c1cccc(CN=C(NCC)NCCc2cccc(F)c2)c1. The van der Waals surface area contributed by atoms with Crippen molar-refractivity contribution >= 4 is 11.9 Å². The molecule has 1 amide bonds. The van der Waals surface area contributed by atoms with Crippen LogP contribution >= 0.6 is 0 Å². The predicted octanol–water partition coefficient (Wildman–Crippen LogP) is 3.26. The van der Waals surface area contributed by atoms with Crippen molar-refractivity contribution in [1.29, 1.82) is 0 Å². The second-order valence-electron chi connectivity index (χ2n) is 6.46. The van der Waals surface area contributed by atoms with Gasteiger partial charge in [0.2, 0.25) is 0 Å². The molecule has 0 atom stereocenters. The highest BCUT2D eigenvalue weighted by molar-refractivity contribution is 5.94. The Morgan fingerprint density at radius 3 is 2.50 bits per heavy atom. The lowest BCUT2D eigenvalue weighted by atomic mass is 10.1. The van der Waals surface area contributed by atoms with Crippen molar-refractivity contribution in [3.63, 3.8) is 0 Å². The highest BCUT2D eigenvalue weighted by atomic mass is 19.1. The van der Waals surface area contributed by atoms with Crippen LogP contribution in [0.5, 0.6) is 0 Å². The molecule has 0 radical (unpaired) electrons. The van der Waals surface area contributed by atoms with E-state index in [4.69, 9.17) is 0 Å². The smallest absolute Gasteiger partial charge is 0.251 e. The minimum Gasteiger partial charge on any atom is -0.357 e. The Morgan fingerprint density at radius 2 is 1.75 bits per heavy atom. The number of hydrogen-bond donors (Lipinski definition) is 3. The zero-order valence-electron chi connectivity index (χ0n) is 16.6. The van der Waals surface area contributed by atoms with Gasteiger partial charge in [0.1, 0.15) is 5.82 Å². The quantitative estimate of drug-likeness (QED) is 0.459. The molecule has 3 N–H and O–H groups in total. The first-order valence-electron chi connectivity index (χ1n) is 9.76. The lowest BCUT2D eigenvalue weighted by molar-refractivity contribution is 0.0953. The fourth-order valence-electron chi connectivity index (χ4n) is 2.68. The van der Waals surface area contributed by atoms with E-state index in [1.54, 1.807) is 18.2 Å². The molecule has 5 nitrogen and oxygen atoms in total. The number of carbonyl (C=O) groups is 1. The summed E-state index contributed by atoms with van der Waals surface area (Å²) in [5.41, 5.74) is 2.55. The van der Waals surface area contributed by atoms with E-state index >= 15 is 0 Å². The van der Waals surface area contributed by atoms with Crippen LogP contribution in [0.3, 0.4) is 0 Å². The van der Waals surface area contributed by atoms with Crippen molar-refractivity contribution in [3.8, 4) is 0 Å². The minimum atomic E-state index is -0.221. The summed E-state index contributed by atoms with van der Waals surface area (Å²) >= 11 is 0. The third-order valence-corrected chi connectivity index (χ3v) is 4.08. The number of hydrogen-bond acceptors (Lipinski definition) is 2. The van der Waals surface area contributed by atoms with E-state index in [0.29, 0.717) is 37.6 Å². The number of guanidine groups is 1. The third kappa shape index (κ3) is 7.39. The van der Waals surface area contributed by atoms with Gasteiger partial charge >= 0.3 is 0 Å². The van der Waals surface area contributed by atoms with E-state index in [1.807, 2.05) is 38.1 Å². The molecule has 2 aromatic rings. The second kappa shape index (κ2) is 11.7. The Kier molecular flexibility index (Phi) is 8.98. The van der Waals surface area contributed by atoms with Crippen LogP contribution < -0.4 is 16.0 Å². The van der Waals surface area contributed by atoms with Crippen LogP contribution in [0.1, 0.15) is 41.8 Å². The number of carbonyl (C=O) groups excluding carboxylic acids is 1. The molecular weight excluding hydrogens is 355 g/mol. The Labute approximate surface area is 166 Å². The van der Waals surface area contributed by atoms with Crippen LogP contribution in [-0.2, 0) is 13.0 Å². The van der Waals surface area contributed by atoms with E-state index in [9.17, 15) is 9.18 Å². The Bertz CT molecular complexity index is 792. The van der Waals surface area contributed by atoms with E-state index in [1.165, 1.54) is 6.07 Å². The van der Waals surface area contributed by atoms with Crippen molar-refractivity contribution in [1.82, 2.24) is 16.0 Å². The Balaban J connectivity index is 1.93. The van der Waals surface area contributed by atoms with Crippen LogP contribution in [0.25, 0.3) is 0 Å². The molecular formula is C22H29FN4O. The molecule has 28 heavy (non-hydrogen) atoms. The highest BCUT2D eigenvalue weighted by Crippen LogP contribution is 2.07. The average molecular weight is 384 g/mol. The lowest BCUT2D eigenvalue weighted by Gasteiger charge is -2.11. The molecule has 0 saturated heterocycles. The van der Waals surface area contributed by atoms with Gasteiger partial charge in [0.15, 0.2) is 5.96 Å². The molecule has 0 bridgehead atoms. The molecule has 0 saturated carbocycles. The molecule has 2 aromatic carbocycles. The van der Waals surface area contributed by atoms with Gasteiger partial charge in [-0.15, -0.1) is 0 Å². The molecule has 0 heterocycles. The maximum Gasteiger partial charge on any atom is 0.251 e. The maximum absolute atomic E-state index is 13.3. The Morgan fingerprint density at radius 1 is 0.964 bits per heavy atom. The van der Waals surface area contributed by atoms with Crippen LogP contribution in [0.2, 0.25) is 0 Å². The number of nitrogens with one attached hydrogen (secondary N) is 3. The van der Waals surface area contributed by atoms with Crippen LogP contribution in [0.4, 0.5) is 4.39 Å². The van der Waals surface area contributed by atoms with Crippen molar-refractivity contribution < 1.29 is 9.18 Å². The van der Waals surface area contributed by atoms with Crippen molar-refractivity contribution in [2.45, 2.75) is 33.2 Å². The standard InChI is InChI=1S/C22H29FN4O/c1-3-12-25-21(28)19-9-5-8-18(14-19)16-27-22(24-4-2)26-13-11-17-7-6-10-20(23)15-17/h5-10,14-15H,3-4,11-13,16H2,1-2H3,(H,25,28)(H2,24,26,27). The van der Waals surface area contributed by atoms with Crippen LogP contribution in [-0.4, -0.2) is 31.5 Å². The van der Waals surface area contributed by atoms with Gasteiger partial charge in [0.25, 0.3) is 5.91 Å². The first-order chi connectivity index (χ1) is 13.6. The topological polar surface area (TPSA) is 65.5 Å². The third-order valence-electron chi connectivity index (χ3n) is 4.08. The van der Waals surface area contributed by atoms with E-state index in [2.05, 4.69) is 20.9 Å². The lowest BCUT2D eigenvalue weighted by Crippen LogP contribution is -2.38. The Hall–Kier alpha value is -2.89. The summed E-state index contributed by atoms with van der Waals surface area (Å²) in [6.07, 6.45) is 1.61. The van der Waals surface area contributed by atoms with Crippen molar-refractivity contribution in [2.75, 3.05) is 19.6 Å². The molecule has 0 aliphatic carbocycles. The summed E-state index contributed by atoms with van der Waals surface area (Å²) in [4.78, 5) is 16.7. The first kappa shape index (κ1) is 21.4. The monoisotopic (exact) mass is 384 g/mol. The number of halogens is 1. The van der Waals surface area contributed by atoms with Gasteiger partial charge in [-0.1, -0.05) is 31.2 Å². The zero-order valence-corrected chi connectivity index (χ0v) is 16.6. The molecule has 0 aliphatic rings. The number of aliphatic imine (C=N–C) groups is 1. The molecule has 0 aromatic heterocycles. The highest BCUT2D eigenvalue weighted by Gasteiger charge is 2.05. The van der Waals surface area contributed by atoms with Crippen LogP contribution in [0, 0.1) is 5.82 Å². The summed E-state index contributed by atoms with van der Waals surface area (Å²) in [5, 5.41) is 9.34. The van der Waals surface area contributed by atoms with Gasteiger partial charge in [-0.05, 0) is 55.2 Å². The van der Waals surface area contributed by atoms with Crippen molar-refractivity contribution in [2.24, 2.45) is 4.99 Å². The summed E-state index contributed by atoms with van der Waals surface area (Å²) in [7, 11) is 0. The molecule has 150 valence electrons. The van der Waals surface area contributed by atoms with E-state index < -0.39 is 0 Å². The van der Waals surface area contributed by atoms with Gasteiger partial charge in [-0.25, -0.2) is 9.38 Å². The normalized spacial score (nSPS) is 11.2. The fourth-order valence-corrected chi connectivity index (χ4v) is 2.68. The van der Waals surface area contributed by atoms with E-state index in [-0.39, 0.29) is 11.7 Å². The number of amides is 1. The van der Waals surface area contributed by atoms with Gasteiger partial charge in [-0.2, -0.15) is 0 Å².